The van der Waals surface area contributed by atoms with Gasteiger partial charge >= 0.3 is 5.97 Å². The number of ether oxygens (including phenoxy) is 3. The highest BCUT2D eigenvalue weighted by atomic mass is 16.6. The molecule has 4 nitrogen and oxygen atoms in total. The zero-order valence-corrected chi connectivity index (χ0v) is 16.4. The normalized spacial score (nSPS) is 11.8. The molecule has 1 atom stereocenters. The fourth-order valence-electron chi connectivity index (χ4n) is 2.84. The molecule has 0 N–H and O–H groups in total. The average molecular weight is 370 g/mol. The molecule has 4 heteroatoms. The Bertz CT molecular complexity index is 738. The zero-order valence-electron chi connectivity index (χ0n) is 16.4. The summed E-state index contributed by atoms with van der Waals surface area (Å²) >= 11 is 0. The maximum atomic E-state index is 11.4. The molecule has 0 aliphatic heterocycles. The summed E-state index contributed by atoms with van der Waals surface area (Å²) < 4.78 is 17.2. The van der Waals surface area contributed by atoms with Crippen molar-refractivity contribution in [2.75, 3.05) is 13.2 Å². The minimum Gasteiger partial charge on any atom is -0.493 e. The molecule has 0 fully saturated rings. The lowest BCUT2D eigenvalue weighted by Gasteiger charge is -2.18. The lowest BCUT2D eigenvalue weighted by Crippen LogP contribution is -2.23. The molecule has 2 aromatic carbocycles. The van der Waals surface area contributed by atoms with Crippen LogP contribution in [0, 0.1) is 0 Å². The van der Waals surface area contributed by atoms with E-state index >= 15 is 0 Å². The third-order valence-corrected chi connectivity index (χ3v) is 4.43. The van der Waals surface area contributed by atoms with E-state index in [0.717, 1.165) is 35.3 Å². The van der Waals surface area contributed by atoms with E-state index < -0.39 is 5.97 Å². The average Bonchev–Trinajstić information content (AvgIpc) is 2.71. The largest absolute Gasteiger partial charge is 0.493 e. The van der Waals surface area contributed by atoms with Gasteiger partial charge in [-0.2, -0.15) is 0 Å². The molecule has 0 radical (unpaired) electrons. The maximum absolute atomic E-state index is 11.4. The predicted molar refractivity (Wildman–Crippen MR) is 109 cm³/mol. The Morgan fingerprint density at radius 3 is 2.26 bits per heavy atom. The Hall–Kier alpha value is -2.49. The summed E-state index contributed by atoms with van der Waals surface area (Å²) in [4.78, 5) is 11.4. The first-order valence-electron chi connectivity index (χ1n) is 9.80. The van der Waals surface area contributed by atoms with Crippen LogP contribution >= 0.6 is 0 Å². The molecule has 2 rings (SSSR count). The Labute approximate surface area is 162 Å². The van der Waals surface area contributed by atoms with Crippen molar-refractivity contribution in [3.63, 3.8) is 0 Å². The SMILES string of the molecule is C=CC(=O)OC(CC)COc1ccc(OCCCCCC)c2ccccc12. The Morgan fingerprint density at radius 2 is 1.67 bits per heavy atom. The summed E-state index contributed by atoms with van der Waals surface area (Å²) in [6.07, 6.45) is 6.26. The molecule has 0 spiro atoms. The van der Waals surface area contributed by atoms with E-state index in [1.54, 1.807) is 0 Å². The van der Waals surface area contributed by atoms with Gasteiger partial charge in [0.05, 0.1) is 6.61 Å². The summed E-state index contributed by atoms with van der Waals surface area (Å²) in [5.41, 5.74) is 0. The first kappa shape index (κ1) is 20.8. The molecule has 0 aromatic heterocycles. The first-order valence-corrected chi connectivity index (χ1v) is 9.80. The molecule has 0 saturated heterocycles. The van der Waals surface area contributed by atoms with Gasteiger partial charge in [-0.15, -0.1) is 0 Å². The van der Waals surface area contributed by atoms with Gasteiger partial charge in [0.25, 0.3) is 0 Å². The van der Waals surface area contributed by atoms with Gasteiger partial charge in [0, 0.05) is 16.8 Å². The fraction of sp³-hybridized carbons (Fsp3) is 0.435. The van der Waals surface area contributed by atoms with E-state index in [-0.39, 0.29) is 6.10 Å². The lowest BCUT2D eigenvalue weighted by atomic mass is 10.1. The summed E-state index contributed by atoms with van der Waals surface area (Å²) in [5, 5.41) is 2.02. The second kappa shape index (κ2) is 11.3. The van der Waals surface area contributed by atoms with Crippen LogP contribution in [-0.2, 0) is 9.53 Å². The first-order chi connectivity index (χ1) is 13.2. The highest BCUT2D eigenvalue weighted by molar-refractivity contribution is 5.93. The highest BCUT2D eigenvalue weighted by Gasteiger charge is 2.13. The van der Waals surface area contributed by atoms with Gasteiger partial charge in [0.2, 0.25) is 0 Å². The van der Waals surface area contributed by atoms with Crippen molar-refractivity contribution < 1.29 is 19.0 Å². The monoisotopic (exact) mass is 370 g/mol. The van der Waals surface area contributed by atoms with E-state index in [1.807, 2.05) is 43.3 Å². The van der Waals surface area contributed by atoms with Gasteiger partial charge in [-0.25, -0.2) is 4.79 Å². The number of carbonyl (C=O) groups is 1. The fourth-order valence-corrected chi connectivity index (χ4v) is 2.84. The van der Waals surface area contributed by atoms with Crippen LogP contribution in [0.4, 0.5) is 0 Å². The van der Waals surface area contributed by atoms with Gasteiger partial charge < -0.3 is 14.2 Å². The highest BCUT2D eigenvalue weighted by Crippen LogP contribution is 2.33. The molecule has 0 bridgehead atoms. The van der Waals surface area contributed by atoms with Crippen LogP contribution in [0.2, 0.25) is 0 Å². The van der Waals surface area contributed by atoms with E-state index in [4.69, 9.17) is 14.2 Å². The number of hydrogen-bond donors (Lipinski definition) is 0. The smallest absolute Gasteiger partial charge is 0.330 e. The van der Waals surface area contributed by atoms with Gasteiger partial charge in [-0.1, -0.05) is 64.0 Å². The second-order valence-corrected chi connectivity index (χ2v) is 6.50. The number of fused-ring (bicyclic) bond motifs is 1. The van der Waals surface area contributed by atoms with Crippen molar-refractivity contribution >= 4 is 16.7 Å². The van der Waals surface area contributed by atoms with Crippen LogP contribution in [0.3, 0.4) is 0 Å². The van der Waals surface area contributed by atoms with Crippen molar-refractivity contribution in [3.8, 4) is 11.5 Å². The molecule has 0 aliphatic carbocycles. The summed E-state index contributed by atoms with van der Waals surface area (Å²) in [6.45, 7) is 8.61. The summed E-state index contributed by atoms with van der Waals surface area (Å²) in [7, 11) is 0. The van der Waals surface area contributed by atoms with E-state index in [1.165, 1.54) is 25.3 Å². The van der Waals surface area contributed by atoms with E-state index in [2.05, 4.69) is 13.5 Å². The second-order valence-electron chi connectivity index (χ2n) is 6.50. The van der Waals surface area contributed by atoms with Crippen molar-refractivity contribution in [2.45, 2.75) is 52.1 Å². The summed E-state index contributed by atoms with van der Waals surface area (Å²) in [5.74, 6) is 1.21. The van der Waals surface area contributed by atoms with E-state index in [0.29, 0.717) is 13.0 Å². The number of benzene rings is 2. The maximum Gasteiger partial charge on any atom is 0.330 e. The van der Waals surface area contributed by atoms with E-state index in [9.17, 15) is 4.79 Å². The van der Waals surface area contributed by atoms with Crippen molar-refractivity contribution in [1.82, 2.24) is 0 Å². The van der Waals surface area contributed by atoms with Crippen molar-refractivity contribution in [2.24, 2.45) is 0 Å². The summed E-state index contributed by atoms with van der Waals surface area (Å²) in [6, 6.07) is 11.9. The van der Waals surface area contributed by atoms with Crippen LogP contribution in [-0.4, -0.2) is 25.3 Å². The van der Waals surface area contributed by atoms with Gasteiger partial charge in [-0.3, -0.25) is 0 Å². The molecular formula is C23H30O4. The van der Waals surface area contributed by atoms with Crippen LogP contribution in [0.25, 0.3) is 10.8 Å². The van der Waals surface area contributed by atoms with Crippen LogP contribution in [0.5, 0.6) is 11.5 Å². The van der Waals surface area contributed by atoms with Crippen LogP contribution in [0.1, 0.15) is 46.0 Å². The van der Waals surface area contributed by atoms with Crippen LogP contribution < -0.4 is 9.47 Å². The molecule has 0 saturated carbocycles. The quantitative estimate of drug-likeness (QED) is 0.274. The molecule has 1 unspecified atom stereocenters. The molecule has 0 amide bonds. The van der Waals surface area contributed by atoms with Crippen molar-refractivity contribution in [3.05, 3.63) is 49.1 Å². The standard InChI is InChI=1S/C23H30O4/c1-4-7-8-11-16-25-21-14-15-22(20-13-10-9-12-19(20)21)26-17-18(5-2)27-23(24)6-3/h6,9-10,12-15,18H,3-5,7-8,11,16-17H2,1-2H3. The van der Waals surface area contributed by atoms with Gasteiger partial charge in [0.15, 0.2) is 0 Å². The number of rotatable bonds is 12. The molecule has 146 valence electrons. The number of hydrogen-bond acceptors (Lipinski definition) is 4. The van der Waals surface area contributed by atoms with Gasteiger partial charge in [0.1, 0.15) is 24.2 Å². The Balaban J connectivity index is 2.06. The van der Waals surface area contributed by atoms with Gasteiger partial charge in [-0.05, 0) is 25.0 Å². The number of unbranched alkanes of at least 4 members (excludes halogenated alkanes) is 3. The molecule has 27 heavy (non-hydrogen) atoms. The minimum absolute atomic E-state index is 0.302. The zero-order chi connectivity index (χ0) is 19.5. The molecule has 0 heterocycles. The van der Waals surface area contributed by atoms with Crippen LogP contribution in [0.15, 0.2) is 49.1 Å². The number of esters is 1. The Kier molecular flexibility index (Phi) is 8.69. The number of carbonyl (C=O) groups excluding carboxylic acids is 1. The topological polar surface area (TPSA) is 44.8 Å². The molecule has 0 aliphatic rings. The molecular weight excluding hydrogens is 340 g/mol. The third-order valence-electron chi connectivity index (χ3n) is 4.43. The predicted octanol–water partition coefficient (Wildman–Crippen LogP) is 5.69. The third kappa shape index (κ3) is 6.31. The Morgan fingerprint density at radius 1 is 1.00 bits per heavy atom. The lowest BCUT2D eigenvalue weighted by molar-refractivity contribution is -0.144. The van der Waals surface area contributed by atoms with Crippen molar-refractivity contribution in [1.29, 1.82) is 0 Å². The molecule has 2 aromatic rings. The minimum atomic E-state index is -0.429.